The lowest BCUT2D eigenvalue weighted by Gasteiger charge is -2.08. The first kappa shape index (κ1) is 17.0. The maximum Gasteiger partial charge on any atom is 0.416 e. The van der Waals surface area contributed by atoms with E-state index in [-0.39, 0.29) is 10.3 Å². The van der Waals surface area contributed by atoms with E-state index in [2.05, 4.69) is 31.8 Å². The van der Waals surface area contributed by atoms with Crippen LogP contribution in [-0.4, -0.2) is 10.5 Å². The minimum absolute atomic E-state index is 0.0984. The van der Waals surface area contributed by atoms with Gasteiger partial charge in [0.1, 0.15) is 0 Å². The second-order valence-corrected chi connectivity index (χ2v) is 5.16. The highest BCUT2D eigenvalue weighted by atomic mass is 79.9. The van der Waals surface area contributed by atoms with E-state index in [9.17, 15) is 18.0 Å². The van der Waals surface area contributed by atoms with Crippen LogP contribution in [0.5, 0.6) is 0 Å². The summed E-state index contributed by atoms with van der Waals surface area (Å²) in [6, 6.07) is 13.2. The molecule has 8 heteroatoms. The highest BCUT2D eigenvalue weighted by Gasteiger charge is 2.30. The van der Waals surface area contributed by atoms with Gasteiger partial charge in [-0.25, -0.2) is 0 Å². The molecule has 2 aromatic rings. The van der Waals surface area contributed by atoms with Gasteiger partial charge in [-0.3, -0.25) is 10.2 Å². The first-order valence-corrected chi connectivity index (χ1v) is 7.18. The molecule has 0 unspecified atom stereocenters. The average Bonchev–Trinajstić information content (AvgIpc) is 2.53. The van der Waals surface area contributed by atoms with Crippen LogP contribution in [0.15, 0.2) is 59.7 Å². The standard InChI is InChI=1S/C15H11BrF3N3O/c16-13(14(23)20-11-6-2-1-3-7-11)22-21-12-8-4-5-10(9-12)15(17,18)19/h1-9,21H,(H,20,23)/b22-13+. The molecule has 0 saturated heterocycles. The van der Waals surface area contributed by atoms with Gasteiger partial charge in [0.2, 0.25) is 0 Å². The number of halogens is 4. The van der Waals surface area contributed by atoms with E-state index in [0.29, 0.717) is 5.69 Å². The highest BCUT2D eigenvalue weighted by Crippen LogP contribution is 2.30. The minimum atomic E-state index is -4.44. The zero-order valence-electron chi connectivity index (χ0n) is 11.6. The van der Waals surface area contributed by atoms with Crippen molar-refractivity contribution >= 4 is 37.8 Å². The summed E-state index contributed by atoms with van der Waals surface area (Å²) in [5.74, 6) is -0.532. The van der Waals surface area contributed by atoms with Crippen molar-refractivity contribution in [2.75, 3.05) is 10.7 Å². The fraction of sp³-hybridized carbons (Fsp3) is 0.0667. The van der Waals surface area contributed by atoms with Crippen LogP contribution in [0.25, 0.3) is 0 Å². The van der Waals surface area contributed by atoms with Crippen molar-refractivity contribution < 1.29 is 18.0 Å². The van der Waals surface area contributed by atoms with Gasteiger partial charge in [-0.15, -0.1) is 0 Å². The number of hydrogen-bond donors (Lipinski definition) is 2. The zero-order chi connectivity index (χ0) is 16.9. The number of carbonyl (C=O) groups is 1. The number of para-hydroxylation sites is 1. The molecule has 2 N–H and O–H groups in total. The molecule has 2 aromatic carbocycles. The number of anilines is 2. The quantitative estimate of drug-likeness (QED) is 0.602. The van der Waals surface area contributed by atoms with Gasteiger partial charge < -0.3 is 5.32 Å². The van der Waals surface area contributed by atoms with Gasteiger partial charge >= 0.3 is 6.18 Å². The normalized spacial score (nSPS) is 11.9. The van der Waals surface area contributed by atoms with E-state index >= 15 is 0 Å². The number of alkyl halides is 3. The lowest BCUT2D eigenvalue weighted by molar-refractivity contribution is -0.137. The predicted molar refractivity (Wildman–Crippen MR) is 86.5 cm³/mol. The zero-order valence-corrected chi connectivity index (χ0v) is 13.1. The fourth-order valence-electron chi connectivity index (χ4n) is 1.63. The van der Waals surface area contributed by atoms with Crippen molar-refractivity contribution in [3.05, 3.63) is 60.2 Å². The first-order valence-electron chi connectivity index (χ1n) is 6.39. The number of carbonyl (C=O) groups excluding carboxylic acids is 1. The topological polar surface area (TPSA) is 53.5 Å². The summed E-state index contributed by atoms with van der Waals surface area (Å²) < 4.78 is 37.7. The number of nitrogens with one attached hydrogen (secondary N) is 2. The van der Waals surface area contributed by atoms with Crippen molar-refractivity contribution in [1.82, 2.24) is 0 Å². The molecule has 0 aliphatic rings. The Kier molecular flexibility index (Phi) is 5.38. The SMILES string of the molecule is O=C(Nc1ccccc1)/C(Br)=N\Nc1cccc(C(F)(F)F)c1. The van der Waals surface area contributed by atoms with E-state index in [4.69, 9.17) is 0 Å². The predicted octanol–water partition coefficient (Wildman–Crippen LogP) is 4.46. The van der Waals surface area contributed by atoms with Crippen LogP contribution >= 0.6 is 15.9 Å². The second-order valence-electron chi connectivity index (χ2n) is 4.41. The summed E-state index contributed by atoms with van der Waals surface area (Å²) in [6.45, 7) is 0. The summed E-state index contributed by atoms with van der Waals surface area (Å²) in [7, 11) is 0. The van der Waals surface area contributed by atoms with Gasteiger partial charge in [-0.1, -0.05) is 24.3 Å². The van der Waals surface area contributed by atoms with Crippen LogP contribution < -0.4 is 10.7 Å². The molecule has 2 rings (SSSR count). The molecule has 0 bridgehead atoms. The van der Waals surface area contributed by atoms with E-state index in [1.165, 1.54) is 12.1 Å². The van der Waals surface area contributed by atoms with Crippen molar-refractivity contribution in [2.45, 2.75) is 6.18 Å². The molecule has 0 saturated carbocycles. The Morgan fingerprint density at radius 1 is 1.00 bits per heavy atom. The highest BCUT2D eigenvalue weighted by molar-refractivity contribution is 9.19. The molecule has 0 atom stereocenters. The van der Waals surface area contributed by atoms with Crippen molar-refractivity contribution in [1.29, 1.82) is 0 Å². The summed E-state index contributed by atoms with van der Waals surface area (Å²) in [6.07, 6.45) is -4.44. The lowest BCUT2D eigenvalue weighted by Crippen LogP contribution is -2.19. The molecular weight excluding hydrogens is 375 g/mol. The number of hydrazone groups is 1. The van der Waals surface area contributed by atoms with Gasteiger partial charge in [0.15, 0.2) is 4.62 Å². The lowest BCUT2D eigenvalue weighted by atomic mass is 10.2. The molecule has 0 aromatic heterocycles. The third-order valence-electron chi connectivity index (χ3n) is 2.69. The van der Waals surface area contributed by atoms with Gasteiger partial charge in [-0.2, -0.15) is 18.3 Å². The van der Waals surface area contributed by atoms with Gasteiger partial charge in [0, 0.05) is 5.69 Å². The Balaban J connectivity index is 2.03. The Morgan fingerprint density at radius 2 is 1.65 bits per heavy atom. The van der Waals surface area contributed by atoms with Crippen molar-refractivity contribution in [3.8, 4) is 0 Å². The third kappa shape index (κ3) is 5.10. The molecule has 0 fully saturated rings. The smallest absolute Gasteiger partial charge is 0.320 e. The molecule has 0 aliphatic carbocycles. The number of nitrogens with zero attached hydrogens (tertiary/aromatic N) is 1. The Bertz CT molecular complexity index is 717. The molecule has 0 heterocycles. The van der Waals surface area contributed by atoms with Crippen molar-refractivity contribution in [3.63, 3.8) is 0 Å². The van der Waals surface area contributed by atoms with E-state index in [1.54, 1.807) is 30.3 Å². The fourth-order valence-corrected chi connectivity index (χ4v) is 1.82. The van der Waals surface area contributed by atoms with Crippen LogP contribution in [0.2, 0.25) is 0 Å². The molecule has 4 nitrogen and oxygen atoms in total. The van der Waals surface area contributed by atoms with Crippen molar-refractivity contribution in [2.24, 2.45) is 5.10 Å². The first-order chi connectivity index (χ1) is 10.9. The molecule has 23 heavy (non-hydrogen) atoms. The number of benzene rings is 2. The summed E-state index contributed by atoms with van der Waals surface area (Å²) in [5, 5.41) is 6.29. The Morgan fingerprint density at radius 3 is 2.30 bits per heavy atom. The number of amides is 1. The van der Waals surface area contributed by atoms with Crippen LogP contribution in [0.4, 0.5) is 24.5 Å². The van der Waals surface area contributed by atoms with E-state index in [0.717, 1.165) is 12.1 Å². The largest absolute Gasteiger partial charge is 0.416 e. The second kappa shape index (κ2) is 7.28. The number of rotatable bonds is 4. The van der Waals surface area contributed by atoms with Crippen LogP contribution in [0, 0.1) is 0 Å². The Hall–Kier alpha value is -2.35. The molecule has 1 amide bonds. The molecule has 120 valence electrons. The van der Waals surface area contributed by atoms with Gasteiger partial charge in [0.25, 0.3) is 5.91 Å². The van der Waals surface area contributed by atoms with E-state index in [1.807, 2.05) is 0 Å². The minimum Gasteiger partial charge on any atom is -0.320 e. The maximum absolute atomic E-state index is 12.6. The molecule has 0 aliphatic heterocycles. The van der Waals surface area contributed by atoms with Crippen LogP contribution in [-0.2, 0) is 11.0 Å². The third-order valence-corrected chi connectivity index (χ3v) is 3.23. The monoisotopic (exact) mass is 385 g/mol. The molecule has 0 spiro atoms. The number of hydrogen-bond acceptors (Lipinski definition) is 3. The molecular formula is C15H11BrF3N3O. The Labute approximate surface area is 138 Å². The molecule has 0 radical (unpaired) electrons. The average molecular weight is 386 g/mol. The van der Waals surface area contributed by atoms with Crippen LogP contribution in [0.3, 0.4) is 0 Å². The van der Waals surface area contributed by atoms with Crippen LogP contribution in [0.1, 0.15) is 5.56 Å². The van der Waals surface area contributed by atoms with Gasteiger partial charge in [-0.05, 0) is 46.3 Å². The summed E-state index contributed by atoms with van der Waals surface area (Å²) >= 11 is 2.97. The van der Waals surface area contributed by atoms with Gasteiger partial charge in [0.05, 0.1) is 11.3 Å². The summed E-state index contributed by atoms with van der Waals surface area (Å²) in [5.41, 5.74) is 2.29. The summed E-state index contributed by atoms with van der Waals surface area (Å²) in [4.78, 5) is 11.9. The van der Waals surface area contributed by atoms with E-state index < -0.39 is 17.6 Å². The maximum atomic E-state index is 12.6.